The Labute approximate surface area is 116 Å². The van der Waals surface area contributed by atoms with Crippen LogP contribution in [0.2, 0.25) is 0 Å². The highest BCUT2D eigenvalue weighted by Gasteiger charge is 2.29. The minimum absolute atomic E-state index is 0.0759. The molecular weight excluding hydrogens is 262 g/mol. The van der Waals surface area contributed by atoms with Gasteiger partial charge in [-0.1, -0.05) is 12.1 Å². The van der Waals surface area contributed by atoms with E-state index in [0.29, 0.717) is 19.1 Å². The molecule has 19 heavy (non-hydrogen) atoms. The summed E-state index contributed by atoms with van der Waals surface area (Å²) in [6.07, 6.45) is 2.02. The number of amides is 1. The van der Waals surface area contributed by atoms with Gasteiger partial charge in [-0.2, -0.15) is 0 Å². The first-order valence-electron chi connectivity index (χ1n) is 5.99. The van der Waals surface area contributed by atoms with Gasteiger partial charge in [0.25, 0.3) is 5.91 Å². The van der Waals surface area contributed by atoms with Crippen molar-refractivity contribution in [2.75, 3.05) is 26.5 Å². The van der Waals surface area contributed by atoms with Gasteiger partial charge in [0.1, 0.15) is 6.04 Å². The molecule has 2 rings (SSSR count). The molecule has 1 atom stereocenters. The van der Waals surface area contributed by atoms with Gasteiger partial charge in [-0.15, -0.1) is 11.8 Å². The van der Waals surface area contributed by atoms with Crippen molar-refractivity contribution < 1.29 is 9.53 Å². The molecule has 0 spiro atoms. The van der Waals surface area contributed by atoms with E-state index in [2.05, 4.69) is 15.6 Å². The lowest BCUT2D eigenvalue weighted by Crippen LogP contribution is -2.26. The van der Waals surface area contributed by atoms with Crippen molar-refractivity contribution >= 4 is 23.6 Å². The van der Waals surface area contributed by atoms with Crippen LogP contribution in [0.5, 0.6) is 0 Å². The maximum atomic E-state index is 11.9. The molecule has 0 aliphatic carbocycles. The van der Waals surface area contributed by atoms with Crippen LogP contribution in [0.1, 0.15) is 11.6 Å². The number of carbonyl (C=O) groups is 1. The number of carbonyl (C=O) groups excluding carboxylic acids is 1. The van der Waals surface area contributed by atoms with Gasteiger partial charge in [0.05, 0.1) is 13.2 Å². The van der Waals surface area contributed by atoms with Crippen LogP contribution in [0.4, 0.5) is 0 Å². The lowest BCUT2D eigenvalue weighted by atomic mass is 10.1. The van der Waals surface area contributed by atoms with Crippen molar-refractivity contribution in [3.63, 3.8) is 0 Å². The van der Waals surface area contributed by atoms with Gasteiger partial charge in [0, 0.05) is 12.0 Å². The van der Waals surface area contributed by atoms with Crippen LogP contribution in [-0.4, -0.2) is 38.4 Å². The number of methoxy groups -OCH3 is 1. The summed E-state index contributed by atoms with van der Waals surface area (Å²) < 4.78 is 4.92. The third kappa shape index (κ3) is 3.48. The third-order valence-electron chi connectivity index (χ3n) is 2.80. The fraction of sp³-hybridized carbons (Fsp3) is 0.385. The maximum Gasteiger partial charge on any atom is 0.253 e. The van der Waals surface area contributed by atoms with Crippen LogP contribution >= 0.6 is 11.8 Å². The van der Waals surface area contributed by atoms with E-state index < -0.39 is 0 Å². The lowest BCUT2D eigenvalue weighted by Gasteiger charge is -2.08. The molecule has 1 aromatic carbocycles. The van der Waals surface area contributed by atoms with Crippen LogP contribution in [0, 0.1) is 0 Å². The van der Waals surface area contributed by atoms with Gasteiger partial charge in [-0.25, -0.2) is 0 Å². The maximum absolute atomic E-state index is 11.9. The average Bonchev–Trinajstić information content (AvgIpc) is 2.80. The van der Waals surface area contributed by atoms with Crippen molar-refractivity contribution in [1.29, 1.82) is 0 Å². The Kier molecular flexibility index (Phi) is 4.81. The van der Waals surface area contributed by atoms with Crippen LogP contribution in [0.3, 0.4) is 0 Å². The van der Waals surface area contributed by atoms with E-state index in [1.807, 2.05) is 30.5 Å². The minimum atomic E-state index is -0.364. The molecule has 1 heterocycles. The number of ether oxygens (including phenoxy) is 1. The second-order valence-corrected chi connectivity index (χ2v) is 4.94. The van der Waals surface area contributed by atoms with Crippen LogP contribution in [-0.2, 0) is 9.53 Å². The number of hydrogen-bond donors (Lipinski definition) is 2. The minimum Gasteiger partial charge on any atom is -0.383 e. The Bertz CT molecular complexity index is 473. The summed E-state index contributed by atoms with van der Waals surface area (Å²) in [6.45, 7) is 1.06. The van der Waals surface area contributed by atoms with E-state index in [0.717, 1.165) is 5.56 Å². The number of nitrogens with one attached hydrogen (secondary N) is 2. The van der Waals surface area contributed by atoms with Crippen LogP contribution in [0.25, 0.3) is 0 Å². The molecule has 5 nitrogen and oxygen atoms in total. The van der Waals surface area contributed by atoms with Crippen molar-refractivity contribution in [1.82, 2.24) is 10.6 Å². The largest absolute Gasteiger partial charge is 0.383 e. The summed E-state index contributed by atoms with van der Waals surface area (Å²) in [5, 5.41) is 5.81. The first-order valence-corrected chi connectivity index (χ1v) is 7.22. The zero-order valence-electron chi connectivity index (χ0n) is 11.0. The SMILES string of the molecule is COCCN=C1NC(=O)C(c2ccc(SC)cc2)N1. The van der Waals surface area contributed by atoms with Crippen molar-refractivity contribution in [2.45, 2.75) is 10.9 Å². The molecule has 1 saturated heterocycles. The molecule has 102 valence electrons. The molecule has 2 N–H and O–H groups in total. The second kappa shape index (κ2) is 6.58. The zero-order chi connectivity index (χ0) is 13.7. The molecule has 1 aromatic rings. The quantitative estimate of drug-likeness (QED) is 0.627. The summed E-state index contributed by atoms with van der Waals surface area (Å²) in [5.74, 6) is 0.439. The van der Waals surface area contributed by atoms with Gasteiger partial charge in [0.15, 0.2) is 5.96 Å². The number of rotatable bonds is 5. The van der Waals surface area contributed by atoms with Crippen LogP contribution < -0.4 is 10.6 Å². The number of guanidine groups is 1. The molecule has 0 bridgehead atoms. The molecule has 1 aliphatic rings. The van der Waals surface area contributed by atoms with E-state index in [4.69, 9.17) is 4.74 Å². The van der Waals surface area contributed by atoms with Gasteiger partial charge in [-0.3, -0.25) is 15.1 Å². The number of hydrogen-bond acceptors (Lipinski definition) is 4. The molecule has 0 aromatic heterocycles. The highest BCUT2D eigenvalue weighted by atomic mass is 32.2. The Balaban J connectivity index is 2.04. The van der Waals surface area contributed by atoms with Crippen molar-refractivity contribution in [2.24, 2.45) is 4.99 Å². The first-order chi connectivity index (χ1) is 9.24. The Morgan fingerprint density at radius 1 is 1.37 bits per heavy atom. The van der Waals surface area contributed by atoms with Gasteiger partial charge in [-0.05, 0) is 24.0 Å². The Morgan fingerprint density at radius 3 is 2.74 bits per heavy atom. The van der Waals surface area contributed by atoms with E-state index in [1.54, 1.807) is 18.9 Å². The van der Waals surface area contributed by atoms with E-state index in [1.165, 1.54) is 4.90 Å². The van der Waals surface area contributed by atoms with E-state index in [-0.39, 0.29) is 11.9 Å². The number of thioether (sulfide) groups is 1. The van der Waals surface area contributed by atoms with Crippen LogP contribution in [0.15, 0.2) is 34.2 Å². The number of benzene rings is 1. The predicted molar refractivity (Wildman–Crippen MR) is 76.4 cm³/mol. The normalized spacial score (nSPS) is 20.4. The highest BCUT2D eigenvalue weighted by Crippen LogP contribution is 2.20. The smallest absolute Gasteiger partial charge is 0.253 e. The summed E-state index contributed by atoms with van der Waals surface area (Å²) in [7, 11) is 1.62. The summed E-state index contributed by atoms with van der Waals surface area (Å²) in [4.78, 5) is 17.3. The Morgan fingerprint density at radius 2 is 2.11 bits per heavy atom. The molecule has 0 saturated carbocycles. The third-order valence-corrected chi connectivity index (χ3v) is 3.54. The van der Waals surface area contributed by atoms with Gasteiger partial charge in [0.2, 0.25) is 0 Å². The predicted octanol–water partition coefficient (Wildman–Crippen LogP) is 1.17. The summed E-state index contributed by atoms with van der Waals surface area (Å²) in [6, 6.07) is 7.57. The lowest BCUT2D eigenvalue weighted by molar-refractivity contribution is -0.120. The van der Waals surface area contributed by atoms with E-state index in [9.17, 15) is 4.79 Å². The van der Waals surface area contributed by atoms with Crippen molar-refractivity contribution in [3.8, 4) is 0 Å². The molecular formula is C13H17N3O2S. The van der Waals surface area contributed by atoms with Gasteiger partial charge >= 0.3 is 0 Å². The summed E-state index contributed by atoms with van der Waals surface area (Å²) >= 11 is 1.68. The standard InChI is InChI=1S/C13H17N3O2S/c1-18-8-7-14-13-15-11(12(17)16-13)9-3-5-10(19-2)6-4-9/h3-6,11H,7-8H2,1-2H3,(H2,14,15,16,17). The number of aliphatic imine (C=N–C) groups is 1. The molecule has 1 aliphatic heterocycles. The number of nitrogens with zero attached hydrogens (tertiary/aromatic N) is 1. The van der Waals surface area contributed by atoms with Gasteiger partial charge < -0.3 is 10.1 Å². The highest BCUT2D eigenvalue weighted by molar-refractivity contribution is 7.98. The monoisotopic (exact) mass is 279 g/mol. The molecule has 1 amide bonds. The van der Waals surface area contributed by atoms with E-state index >= 15 is 0 Å². The fourth-order valence-electron chi connectivity index (χ4n) is 1.79. The second-order valence-electron chi connectivity index (χ2n) is 4.06. The zero-order valence-corrected chi connectivity index (χ0v) is 11.8. The molecule has 1 fully saturated rings. The molecule has 6 heteroatoms. The fourth-order valence-corrected chi connectivity index (χ4v) is 2.20. The molecule has 1 unspecified atom stereocenters. The van der Waals surface area contributed by atoms with Crippen molar-refractivity contribution in [3.05, 3.63) is 29.8 Å². The molecule has 0 radical (unpaired) electrons. The Hall–Kier alpha value is -1.53. The average molecular weight is 279 g/mol. The summed E-state index contributed by atoms with van der Waals surface area (Å²) in [5.41, 5.74) is 0.937. The first kappa shape index (κ1) is 13.9. The topological polar surface area (TPSA) is 62.7 Å².